The first kappa shape index (κ1) is 25.3. The molecule has 188 valence electrons. The minimum absolute atomic E-state index is 0.0540. The van der Waals surface area contributed by atoms with Crippen LogP contribution < -0.4 is 9.84 Å². The zero-order valence-corrected chi connectivity index (χ0v) is 18.5. The molecule has 0 atom stereocenters. The lowest BCUT2D eigenvalue weighted by atomic mass is 9.96. The summed E-state index contributed by atoms with van der Waals surface area (Å²) in [5, 5.41) is 11.3. The van der Waals surface area contributed by atoms with E-state index in [4.69, 9.17) is 4.74 Å². The van der Waals surface area contributed by atoms with Gasteiger partial charge in [0.05, 0.1) is 28.5 Å². The number of alkyl halides is 6. The van der Waals surface area contributed by atoms with Gasteiger partial charge in [0.2, 0.25) is 0 Å². The van der Waals surface area contributed by atoms with Crippen LogP contribution in [0.4, 0.5) is 26.3 Å². The van der Waals surface area contributed by atoms with Gasteiger partial charge in [0.25, 0.3) is 0 Å². The molecule has 0 bridgehead atoms. The molecule has 0 saturated carbocycles. The summed E-state index contributed by atoms with van der Waals surface area (Å²) >= 11 is 0. The second kappa shape index (κ2) is 9.67. The van der Waals surface area contributed by atoms with Gasteiger partial charge in [-0.2, -0.15) is 26.3 Å². The van der Waals surface area contributed by atoms with Crippen molar-refractivity contribution in [2.45, 2.75) is 38.2 Å². The van der Waals surface area contributed by atoms with Gasteiger partial charge in [0.15, 0.2) is 0 Å². The topological polar surface area (TPSA) is 62.2 Å². The van der Waals surface area contributed by atoms with Crippen LogP contribution in [0.1, 0.15) is 57.7 Å². The number of carboxylic acid groups (broad SMARTS) is 1. The van der Waals surface area contributed by atoms with Crippen molar-refractivity contribution in [3.8, 4) is 5.75 Å². The van der Waals surface area contributed by atoms with Crippen molar-refractivity contribution in [2.75, 3.05) is 0 Å². The van der Waals surface area contributed by atoms with E-state index in [1.807, 2.05) is 0 Å². The van der Waals surface area contributed by atoms with E-state index in [0.717, 1.165) is 17.7 Å². The molecule has 4 rings (SSSR count). The van der Waals surface area contributed by atoms with Crippen molar-refractivity contribution < 1.29 is 41.0 Å². The molecular formula is C26H18F6NO3-. The summed E-state index contributed by atoms with van der Waals surface area (Å²) in [7, 11) is 0. The Morgan fingerprint density at radius 2 is 1.53 bits per heavy atom. The highest BCUT2D eigenvalue weighted by molar-refractivity contribution is 5.94. The van der Waals surface area contributed by atoms with Gasteiger partial charge in [-0.1, -0.05) is 30.3 Å². The Bertz CT molecular complexity index is 1310. The number of aromatic carboxylic acids is 1. The number of nitrogens with zero attached hydrogens (tertiary/aromatic N) is 1. The molecule has 0 unspecified atom stereocenters. The molecule has 0 N–H and O–H groups in total. The third-order valence-electron chi connectivity index (χ3n) is 5.76. The van der Waals surface area contributed by atoms with Gasteiger partial charge in [-0.3, -0.25) is 0 Å². The van der Waals surface area contributed by atoms with Crippen LogP contribution >= 0.6 is 0 Å². The van der Waals surface area contributed by atoms with E-state index in [1.165, 1.54) is 6.07 Å². The van der Waals surface area contributed by atoms with E-state index >= 15 is 0 Å². The van der Waals surface area contributed by atoms with Crippen LogP contribution in [-0.4, -0.2) is 11.0 Å². The number of halogens is 6. The van der Waals surface area contributed by atoms with Crippen molar-refractivity contribution in [1.82, 2.24) is 4.98 Å². The maximum atomic E-state index is 13.5. The number of carboxylic acids is 1. The van der Waals surface area contributed by atoms with E-state index < -0.39 is 35.1 Å². The largest absolute Gasteiger partial charge is 0.543 e. The minimum atomic E-state index is -4.86. The molecule has 36 heavy (non-hydrogen) atoms. The van der Waals surface area contributed by atoms with Gasteiger partial charge in [-0.15, -0.1) is 0 Å². The summed E-state index contributed by atoms with van der Waals surface area (Å²) in [5.41, 5.74) is -1.99. The molecule has 1 aromatic heterocycles. The standard InChI is InChI=1S/C26H19F6NO3/c27-25(28,29)16-9-10-23(36-14-15-5-2-1-3-6-15)20(11-16)18-7-4-8-19(18)21-12-17(26(30,31)32)13-22(33-21)24(34)35/h1-3,5-6,9-13H,4,7-8,14H2,(H,34,35)/p-1. The lowest BCUT2D eigenvalue weighted by Crippen LogP contribution is -2.25. The van der Waals surface area contributed by atoms with Crippen LogP contribution in [0.3, 0.4) is 0 Å². The van der Waals surface area contributed by atoms with Gasteiger partial charge in [-0.25, -0.2) is 4.98 Å². The molecule has 4 nitrogen and oxygen atoms in total. The summed E-state index contributed by atoms with van der Waals surface area (Å²) in [6, 6.07) is 12.9. The SMILES string of the molecule is O=C([O-])c1cc(C(F)(F)F)cc(C2=C(c3cc(C(F)(F)F)ccc3OCc3ccccc3)CCC2)n1. The maximum Gasteiger partial charge on any atom is 0.416 e. The Morgan fingerprint density at radius 3 is 2.17 bits per heavy atom. The number of rotatable bonds is 6. The van der Waals surface area contributed by atoms with Crippen molar-refractivity contribution in [2.24, 2.45) is 0 Å². The van der Waals surface area contributed by atoms with E-state index in [-0.39, 0.29) is 42.0 Å². The van der Waals surface area contributed by atoms with Crippen LogP contribution in [0.2, 0.25) is 0 Å². The Balaban J connectivity index is 1.86. The number of pyridine rings is 1. The smallest absolute Gasteiger partial charge is 0.416 e. The fourth-order valence-corrected chi connectivity index (χ4v) is 4.08. The molecule has 0 aliphatic heterocycles. The Kier molecular flexibility index (Phi) is 6.79. The molecular weight excluding hydrogens is 488 g/mol. The molecule has 10 heteroatoms. The normalized spacial score (nSPS) is 14.3. The zero-order valence-electron chi connectivity index (χ0n) is 18.5. The van der Waals surface area contributed by atoms with Crippen molar-refractivity contribution >= 4 is 17.1 Å². The fraction of sp³-hybridized carbons (Fsp3) is 0.231. The third-order valence-corrected chi connectivity index (χ3v) is 5.76. The first-order valence-electron chi connectivity index (χ1n) is 10.8. The van der Waals surface area contributed by atoms with Gasteiger partial charge < -0.3 is 14.6 Å². The highest BCUT2D eigenvalue weighted by atomic mass is 19.4. The van der Waals surface area contributed by atoms with Crippen LogP contribution in [0, 0.1) is 0 Å². The molecule has 2 aromatic carbocycles. The number of benzene rings is 2. The number of carbonyl (C=O) groups excluding carboxylic acids is 1. The lowest BCUT2D eigenvalue weighted by Gasteiger charge is -2.18. The predicted molar refractivity (Wildman–Crippen MR) is 116 cm³/mol. The average molecular weight is 506 g/mol. The number of ether oxygens (including phenoxy) is 1. The highest BCUT2D eigenvalue weighted by Crippen LogP contribution is 2.45. The molecule has 3 aromatic rings. The van der Waals surface area contributed by atoms with Crippen LogP contribution in [0.15, 0.2) is 60.7 Å². The number of allylic oxidation sites excluding steroid dienone is 2. The first-order valence-corrected chi connectivity index (χ1v) is 10.8. The quantitative estimate of drug-likeness (QED) is 0.376. The molecule has 0 spiro atoms. The van der Waals surface area contributed by atoms with Gasteiger partial charge in [0.1, 0.15) is 12.4 Å². The van der Waals surface area contributed by atoms with Crippen molar-refractivity contribution in [3.63, 3.8) is 0 Å². The van der Waals surface area contributed by atoms with Crippen molar-refractivity contribution in [3.05, 3.63) is 94.3 Å². The Morgan fingerprint density at radius 1 is 0.861 bits per heavy atom. The number of hydrogen-bond donors (Lipinski definition) is 0. The summed E-state index contributed by atoms with van der Waals surface area (Å²) in [4.78, 5) is 15.1. The number of hydrogen-bond acceptors (Lipinski definition) is 4. The van der Waals surface area contributed by atoms with E-state index in [2.05, 4.69) is 4.98 Å². The molecule has 0 fully saturated rings. The lowest BCUT2D eigenvalue weighted by molar-refractivity contribution is -0.255. The summed E-state index contributed by atoms with van der Waals surface area (Å²) < 4.78 is 86.6. The van der Waals surface area contributed by atoms with Crippen LogP contribution in [-0.2, 0) is 19.0 Å². The predicted octanol–water partition coefficient (Wildman–Crippen LogP) is 6.16. The Hall–Kier alpha value is -3.82. The minimum Gasteiger partial charge on any atom is -0.543 e. The maximum absolute atomic E-state index is 13.5. The summed E-state index contributed by atoms with van der Waals surface area (Å²) in [6.45, 7) is 0.0540. The molecule has 0 amide bonds. The van der Waals surface area contributed by atoms with E-state index in [9.17, 15) is 36.2 Å². The second-order valence-electron chi connectivity index (χ2n) is 8.21. The third kappa shape index (κ3) is 5.53. The molecule has 1 heterocycles. The van der Waals surface area contributed by atoms with E-state index in [0.29, 0.717) is 24.1 Å². The van der Waals surface area contributed by atoms with Crippen molar-refractivity contribution in [1.29, 1.82) is 0 Å². The van der Waals surface area contributed by atoms with Crippen LogP contribution in [0.5, 0.6) is 5.75 Å². The molecule has 0 saturated heterocycles. The number of aromatic nitrogens is 1. The summed E-state index contributed by atoms with van der Waals surface area (Å²) in [5.74, 6) is -1.78. The average Bonchev–Trinajstić information content (AvgIpc) is 3.31. The molecule has 1 aliphatic rings. The molecule has 1 aliphatic carbocycles. The van der Waals surface area contributed by atoms with Crippen LogP contribution in [0.25, 0.3) is 11.1 Å². The van der Waals surface area contributed by atoms with Gasteiger partial charge in [-0.05, 0) is 66.3 Å². The number of carbonyl (C=O) groups is 1. The van der Waals surface area contributed by atoms with Gasteiger partial charge in [0, 0.05) is 5.56 Å². The first-order chi connectivity index (χ1) is 16.9. The summed E-state index contributed by atoms with van der Waals surface area (Å²) in [6.07, 6.45) is -8.65. The van der Waals surface area contributed by atoms with E-state index in [1.54, 1.807) is 30.3 Å². The monoisotopic (exact) mass is 506 g/mol. The second-order valence-corrected chi connectivity index (χ2v) is 8.21. The fourth-order valence-electron chi connectivity index (χ4n) is 4.08. The highest BCUT2D eigenvalue weighted by Gasteiger charge is 2.34. The zero-order chi connectivity index (χ0) is 26.1. The molecule has 0 radical (unpaired) electrons. The van der Waals surface area contributed by atoms with Gasteiger partial charge >= 0.3 is 12.4 Å². The Labute approximate surface area is 201 Å².